The van der Waals surface area contributed by atoms with Crippen molar-refractivity contribution in [3.63, 3.8) is 0 Å². The van der Waals surface area contributed by atoms with E-state index in [-0.39, 0.29) is 17.6 Å². The van der Waals surface area contributed by atoms with Gasteiger partial charge in [0, 0.05) is 13.1 Å². The van der Waals surface area contributed by atoms with Gasteiger partial charge in [-0.2, -0.15) is 5.26 Å². The average Bonchev–Trinajstić information content (AvgIpc) is 3.13. The summed E-state index contributed by atoms with van der Waals surface area (Å²) in [6.45, 7) is 0.599. The molecule has 6 heteroatoms. The maximum absolute atomic E-state index is 12.0. The highest BCUT2D eigenvalue weighted by atomic mass is 16.3. The molecule has 1 saturated carbocycles. The molecule has 2 rings (SSSR count). The van der Waals surface area contributed by atoms with Crippen LogP contribution in [0.15, 0.2) is 22.8 Å². The van der Waals surface area contributed by atoms with Gasteiger partial charge in [-0.3, -0.25) is 9.59 Å². The van der Waals surface area contributed by atoms with Crippen LogP contribution < -0.4 is 10.6 Å². The van der Waals surface area contributed by atoms with Gasteiger partial charge in [0.25, 0.3) is 5.91 Å². The van der Waals surface area contributed by atoms with E-state index in [9.17, 15) is 9.59 Å². The fourth-order valence-electron chi connectivity index (χ4n) is 2.38. The molecule has 1 aliphatic rings. The van der Waals surface area contributed by atoms with E-state index in [0.717, 1.165) is 12.8 Å². The first-order valence-corrected chi connectivity index (χ1v) is 6.69. The highest BCUT2D eigenvalue weighted by Crippen LogP contribution is 2.37. The Morgan fingerprint density at radius 3 is 2.60 bits per heavy atom. The number of hydrogen-bond acceptors (Lipinski definition) is 4. The summed E-state index contributed by atoms with van der Waals surface area (Å²) in [5, 5.41) is 14.5. The van der Waals surface area contributed by atoms with Gasteiger partial charge in [-0.15, -0.1) is 0 Å². The fourth-order valence-corrected chi connectivity index (χ4v) is 2.38. The van der Waals surface area contributed by atoms with Gasteiger partial charge >= 0.3 is 0 Å². The number of furan rings is 1. The molecule has 106 valence electrons. The largest absolute Gasteiger partial charge is 0.459 e. The number of carbonyl (C=O) groups is 2. The summed E-state index contributed by atoms with van der Waals surface area (Å²) >= 11 is 0. The van der Waals surface area contributed by atoms with E-state index in [1.54, 1.807) is 12.1 Å². The van der Waals surface area contributed by atoms with Gasteiger partial charge in [-0.05, 0) is 25.0 Å². The molecule has 20 heavy (non-hydrogen) atoms. The van der Waals surface area contributed by atoms with Gasteiger partial charge in [0.1, 0.15) is 5.41 Å². The Morgan fingerprint density at radius 1 is 1.30 bits per heavy atom. The summed E-state index contributed by atoms with van der Waals surface area (Å²) in [6, 6.07) is 5.33. The lowest BCUT2D eigenvalue weighted by Crippen LogP contribution is -2.42. The second-order valence-electron chi connectivity index (χ2n) is 4.89. The lowest BCUT2D eigenvalue weighted by molar-refractivity contribution is -0.127. The summed E-state index contributed by atoms with van der Waals surface area (Å²) in [6.07, 6.45) is 4.49. The Kier molecular flexibility index (Phi) is 4.41. The van der Waals surface area contributed by atoms with E-state index >= 15 is 0 Å². The van der Waals surface area contributed by atoms with Crippen LogP contribution in [0, 0.1) is 16.7 Å². The molecule has 0 radical (unpaired) electrons. The smallest absolute Gasteiger partial charge is 0.287 e. The molecule has 6 nitrogen and oxygen atoms in total. The Morgan fingerprint density at radius 2 is 2.00 bits per heavy atom. The maximum Gasteiger partial charge on any atom is 0.287 e. The molecule has 1 aromatic rings. The van der Waals surface area contributed by atoms with Crippen LogP contribution in [0.25, 0.3) is 0 Å². The zero-order chi connectivity index (χ0) is 14.4. The van der Waals surface area contributed by atoms with Crippen LogP contribution in [0.1, 0.15) is 36.2 Å². The molecule has 0 atom stereocenters. The molecular formula is C14H17N3O3. The van der Waals surface area contributed by atoms with Crippen molar-refractivity contribution in [1.29, 1.82) is 5.26 Å². The van der Waals surface area contributed by atoms with E-state index < -0.39 is 5.41 Å². The first-order valence-electron chi connectivity index (χ1n) is 6.69. The van der Waals surface area contributed by atoms with Crippen LogP contribution in [0.5, 0.6) is 0 Å². The van der Waals surface area contributed by atoms with Crippen LogP contribution >= 0.6 is 0 Å². The quantitative estimate of drug-likeness (QED) is 0.789. The van der Waals surface area contributed by atoms with Gasteiger partial charge in [0.05, 0.1) is 12.3 Å². The standard InChI is InChI=1S/C14H17N3O3/c15-10-14(5-1-2-6-14)13(19)17-8-7-16-12(18)11-4-3-9-20-11/h3-4,9H,1-2,5-8H2,(H,16,18)(H,17,19). The summed E-state index contributed by atoms with van der Waals surface area (Å²) in [4.78, 5) is 23.6. The predicted molar refractivity (Wildman–Crippen MR) is 70.6 cm³/mol. The molecule has 0 saturated heterocycles. The van der Waals surface area contributed by atoms with Gasteiger partial charge in [-0.25, -0.2) is 0 Å². The number of nitrogens with zero attached hydrogens (tertiary/aromatic N) is 1. The van der Waals surface area contributed by atoms with E-state index in [1.165, 1.54) is 6.26 Å². The third-order valence-corrected chi connectivity index (χ3v) is 3.55. The van der Waals surface area contributed by atoms with E-state index in [2.05, 4.69) is 16.7 Å². The summed E-state index contributed by atoms with van der Waals surface area (Å²) < 4.78 is 4.95. The van der Waals surface area contributed by atoms with Crippen molar-refractivity contribution in [3.05, 3.63) is 24.2 Å². The van der Waals surface area contributed by atoms with Crippen molar-refractivity contribution in [2.75, 3.05) is 13.1 Å². The molecule has 0 aromatic carbocycles. The minimum absolute atomic E-state index is 0.232. The Labute approximate surface area is 117 Å². The second-order valence-corrected chi connectivity index (χ2v) is 4.89. The van der Waals surface area contributed by atoms with Crippen LogP contribution in [-0.2, 0) is 4.79 Å². The Bertz CT molecular complexity index is 510. The molecule has 0 spiro atoms. The molecule has 1 heterocycles. The summed E-state index contributed by atoms with van der Waals surface area (Å²) in [5.41, 5.74) is -0.870. The Hall–Kier alpha value is -2.29. The van der Waals surface area contributed by atoms with Crippen molar-refractivity contribution in [2.24, 2.45) is 5.41 Å². The van der Waals surface area contributed by atoms with Crippen molar-refractivity contribution < 1.29 is 14.0 Å². The molecule has 0 unspecified atom stereocenters. The second kappa shape index (κ2) is 6.24. The number of hydrogen-bond donors (Lipinski definition) is 2. The normalized spacial score (nSPS) is 16.4. The zero-order valence-electron chi connectivity index (χ0n) is 11.1. The molecule has 1 aliphatic carbocycles. The number of nitriles is 1. The van der Waals surface area contributed by atoms with Gasteiger partial charge < -0.3 is 15.1 Å². The molecule has 2 N–H and O–H groups in total. The van der Waals surface area contributed by atoms with E-state index in [0.29, 0.717) is 25.9 Å². The van der Waals surface area contributed by atoms with Crippen molar-refractivity contribution >= 4 is 11.8 Å². The molecule has 1 fully saturated rings. The van der Waals surface area contributed by atoms with Crippen molar-refractivity contribution in [3.8, 4) is 6.07 Å². The molecule has 2 amide bonds. The van der Waals surface area contributed by atoms with Gasteiger partial charge in [0.15, 0.2) is 5.76 Å². The number of amides is 2. The van der Waals surface area contributed by atoms with Gasteiger partial charge in [0.2, 0.25) is 5.91 Å². The minimum atomic E-state index is -0.870. The molecule has 0 bridgehead atoms. The monoisotopic (exact) mass is 275 g/mol. The number of rotatable bonds is 5. The minimum Gasteiger partial charge on any atom is -0.459 e. The van der Waals surface area contributed by atoms with Gasteiger partial charge in [-0.1, -0.05) is 12.8 Å². The Balaban J connectivity index is 1.72. The lowest BCUT2D eigenvalue weighted by Gasteiger charge is -2.19. The van der Waals surface area contributed by atoms with E-state index in [4.69, 9.17) is 9.68 Å². The average molecular weight is 275 g/mol. The van der Waals surface area contributed by atoms with Crippen molar-refractivity contribution in [1.82, 2.24) is 10.6 Å². The third-order valence-electron chi connectivity index (χ3n) is 3.55. The summed E-state index contributed by atoms with van der Waals surface area (Å²) in [7, 11) is 0. The maximum atomic E-state index is 12.0. The molecule has 0 aliphatic heterocycles. The molecular weight excluding hydrogens is 258 g/mol. The van der Waals surface area contributed by atoms with Crippen molar-refractivity contribution in [2.45, 2.75) is 25.7 Å². The topological polar surface area (TPSA) is 95.1 Å². The van der Waals surface area contributed by atoms with Crippen LogP contribution in [-0.4, -0.2) is 24.9 Å². The SMILES string of the molecule is N#CC1(C(=O)NCCNC(=O)c2ccco2)CCCC1. The highest BCUT2D eigenvalue weighted by Gasteiger charge is 2.41. The first-order chi connectivity index (χ1) is 9.68. The van der Waals surface area contributed by atoms with Crippen LogP contribution in [0.3, 0.4) is 0 Å². The van der Waals surface area contributed by atoms with E-state index in [1.807, 2.05) is 0 Å². The highest BCUT2D eigenvalue weighted by molar-refractivity contribution is 5.91. The predicted octanol–water partition coefficient (Wildman–Crippen LogP) is 1.21. The van der Waals surface area contributed by atoms with Crippen LogP contribution in [0.2, 0.25) is 0 Å². The lowest BCUT2D eigenvalue weighted by atomic mass is 9.87. The number of nitrogens with one attached hydrogen (secondary N) is 2. The first kappa shape index (κ1) is 14.1. The number of carbonyl (C=O) groups excluding carboxylic acids is 2. The zero-order valence-corrected chi connectivity index (χ0v) is 11.1. The summed E-state index contributed by atoms with van der Waals surface area (Å²) in [5.74, 6) is -0.314. The third kappa shape index (κ3) is 2.99. The molecule has 1 aromatic heterocycles. The van der Waals surface area contributed by atoms with Crippen LogP contribution in [0.4, 0.5) is 0 Å². The fraction of sp³-hybridized carbons (Fsp3) is 0.500.